The average Bonchev–Trinajstić information content (AvgIpc) is 2.74. The molecular weight excluding hydrogens is 354 g/mol. The SMILES string of the molecule is CC(C)Cn1ncnc1CC(C)(O)c1ccc(Br)cc1Cl. The van der Waals surface area contributed by atoms with E-state index in [1.54, 1.807) is 13.0 Å². The fourth-order valence-electron chi connectivity index (χ4n) is 2.25. The third-order valence-electron chi connectivity index (χ3n) is 3.25. The first-order valence-electron chi connectivity index (χ1n) is 6.84. The molecule has 6 heteroatoms. The van der Waals surface area contributed by atoms with Crippen molar-refractivity contribution in [2.24, 2.45) is 5.92 Å². The first-order chi connectivity index (χ1) is 9.79. The highest BCUT2D eigenvalue weighted by Crippen LogP contribution is 2.32. The number of benzene rings is 1. The summed E-state index contributed by atoms with van der Waals surface area (Å²) >= 11 is 9.62. The summed E-state index contributed by atoms with van der Waals surface area (Å²) in [4.78, 5) is 4.27. The van der Waals surface area contributed by atoms with Crippen LogP contribution in [0.15, 0.2) is 29.0 Å². The Morgan fingerprint density at radius 3 is 2.76 bits per heavy atom. The molecule has 0 spiro atoms. The van der Waals surface area contributed by atoms with E-state index in [1.165, 1.54) is 6.33 Å². The smallest absolute Gasteiger partial charge is 0.138 e. The molecule has 1 unspecified atom stereocenters. The van der Waals surface area contributed by atoms with Crippen LogP contribution in [-0.2, 0) is 18.6 Å². The van der Waals surface area contributed by atoms with E-state index in [9.17, 15) is 5.11 Å². The van der Waals surface area contributed by atoms with Gasteiger partial charge >= 0.3 is 0 Å². The summed E-state index contributed by atoms with van der Waals surface area (Å²) in [6, 6.07) is 5.48. The molecule has 114 valence electrons. The largest absolute Gasteiger partial charge is 0.385 e. The molecule has 0 fully saturated rings. The predicted octanol–water partition coefficient (Wildman–Crippen LogP) is 3.80. The van der Waals surface area contributed by atoms with E-state index in [2.05, 4.69) is 39.9 Å². The molecule has 21 heavy (non-hydrogen) atoms. The Kier molecular flexibility index (Phi) is 5.07. The van der Waals surface area contributed by atoms with Crippen LogP contribution in [0.2, 0.25) is 5.02 Å². The van der Waals surface area contributed by atoms with Gasteiger partial charge in [0.15, 0.2) is 0 Å². The number of hydrogen-bond donors (Lipinski definition) is 1. The molecule has 0 radical (unpaired) electrons. The fourth-order valence-corrected chi connectivity index (χ4v) is 3.13. The van der Waals surface area contributed by atoms with Gasteiger partial charge in [0.25, 0.3) is 0 Å². The van der Waals surface area contributed by atoms with Gasteiger partial charge < -0.3 is 5.11 Å². The van der Waals surface area contributed by atoms with Crippen molar-refractivity contribution in [2.45, 2.75) is 39.3 Å². The van der Waals surface area contributed by atoms with Crippen molar-refractivity contribution in [3.8, 4) is 0 Å². The first kappa shape index (κ1) is 16.5. The van der Waals surface area contributed by atoms with Crippen LogP contribution in [0.3, 0.4) is 0 Å². The van der Waals surface area contributed by atoms with Crippen molar-refractivity contribution in [1.29, 1.82) is 0 Å². The summed E-state index contributed by atoms with van der Waals surface area (Å²) in [7, 11) is 0. The molecule has 2 aromatic rings. The van der Waals surface area contributed by atoms with Gasteiger partial charge in [0.2, 0.25) is 0 Å². The zero-order chi connectivity index (χ0) is 15.6. The average molecular weight is 373 g/mol. The third-order valence-corrected chi connectivity index (χ3v) is 4.05. The van der Waals surface area contributed by atoms with Crippen LogP contribution < -0.4 is 0 Å². The molecular formula is C15H19BrClN3O. The number of aromatic nitrogens is 3. The van der Waals surface area contributed by atoms with Gasteiger partial charge in [0.1, 0.15) is 12.2 Å². The Hall–Kier alpha value is -0.910. The van der Waals surface area contributed by atoms with Crippen molar-refractivity contribution >= 4 is 27.5 Å². The second-order valence-electron chi connectivity index (χ2n) is 5.83. The maximum absolute atomic E-state index is 10.8. The molecule has 1 aromatic heterocycles. The standard InChI is InChI=1S/C15H19BrClN3O/c1-10(2)8-20-14(18-9-19-20)7-15(3,21)12-5-4-11(16)6-13(12)17/h4-6,9-10,21H,7-8H2,1-3H3. The second-order valence-corrected chi connectivity index (χ2v) is 7.15. The summed E-state index contributed by atoms with van der Waals surface area (Å²) in [5, 5.41) is 15.6. The van der Waals surface area contributed by atoms with Gasteiger partial charge in [0, 0.05) is 28.0 Å². The molecule has 0 amide bonds. The van der Waals surface area contributed by atoms with E-state index in [0.29, 0.717) is 22.9 Å². The van der Waals surface area contributed by atoms with Crippen molar-refractivity contribution in [1.82, 2.24) is 14.8 Å². The minimum atomic E-state index is -1.10. The van der Waals surface area contributed by atoms with Gasteiger partial charge in [-0.2, -0.15) is 5.10 Å². The van der Waals surface area contributed by atoms with E-state index in [0.717, 1.165) is 16.8 Å². The number of aliphatic hydroxyl groups is 1. The highest BCUT2D eigenvalue weighted by Gasteiger charge is 2.28. The monoisotopic (exact) mass is 371 g/mol. The molecule has 2 rings (SSSR count). The number of hydrogen-bond acceptors (Lipinski definition) is 3. The normalized spacial score (nSPS) is 14.4. The maximum Gasteiger partial charge on any atom is 0.138 e. The lowest BCUT2D eigenvalue weighted by Crippen LogP contribution is -2.27. The molecule has 0 saturated heterocycles. The van der Waals surface area contributed by atoms with Crippen LogP contribution in [0.4, 0.5) is 0 Å². The summed E-state index contributed by atoms with van der Waals surface area (Å²) in [6.45, 7) is 6.76. The van der Waals surface area contributed by atoms with Gasteiger partial charge in [-0.1, -0.05) is 47.4 Å². The quantitative estimate of drug-likeness (QED) is 0.868. The summed E-state index contributed by atoms with van der Waals surface area (Å²) in [5.74, 6) is 1.22. The topological polar surface area (TPSA) is 50.9 Å². The first-order valence-corrected chi connectivity index (χ1v) is 8.01. The summed E-state index contributed by atoms with van der Waals surface area (Å²) < 4.78 is 2.72. The molecule has 1 atom stereocenters. The maximum atomic E-state index is 10.8. The van der Waals surface area contributed by atoms with Crippen LogP contribution in [0, 0.1) is 5.92 Å². The Morgan fingerprint density at radius 1 is 1.43 bits per heavy atom. The van der Waals surface area contributed by atoms with E-state index in [1.807, 2.05) is 16.8 Å². The molecule has 1 aromatic carbocycles. The molecule has 0 aliphatic carbocycles. The number of halogens is 2. The Bertz CT molecular complexity index is 625. The van der Waals surface area contributed by atoms with Gasteiger partial charge in [-0.25, -0.2) is 9.67 Å². The summed E-state index contributed by atoms with van der Waals surface area (Å²) in [6.07, 6.45) is 1.89. The fraction of sp³-hybridized carbons (Fsp3) is 0.467. The zero-order valence-corrected chi connectivity index (χ0v) is 14.7. The van der Waals surface area contributed by atoms with Crippen molar-refractivity contribution < 1.29 is 5.11 Å². The van der Waals surface area contributed by atoms with Crippen molar-refractivity contribution in [3.63, 3.8) is 0 Å². The molecule has 0 bridgehead atoms. The van der Waals surface area contributed by atoms with E-state index < -0.39 is 5.60 Å². The van der Waals surface area contributed by atoms with Crippen LogP contribution in [0.5, 0.6) is 0 Å². The van der Waals surface area contributed by atoms with Crippen molar-refractivity contribution in [3.05, 3.63) is 45.4 Å². The molecule has 1 N–H and O–H groups in total. The van der Waals surface area contributed by atoms with Crippen LogP contribution in [-0.4, -0.2) is 19.9 Å². The molecule has 4 nitrogen and oxygen atoms in total. The lowest BCUT2D eigenvalue weighted by molar-refractivity contribution is 0.0541. The number of nitrogens with zero attached hydrogens (tertiary/aromatic N) is 3. The predicted molar refractivity (Wildman–Crippen MR) is 87.3 cm³/mol. The Morgan fingerprint density at radius 2 is 2.14 bits per heavy atom. The van der Waals surface area contributed by atoms with Gasteiger partial charge in [-0.3, -0.25) is 0 Å². The van der Waals surface area contributed by atoms with Crippen LogP contribution in [0.1, 0.15) is 32.2 Å². The molecule has 0 aliphatic heterocycles. The Labute approximate surface area is 138 Å². The van der Waals surface area contributed by atoms with E-state index in [4.69, 9.17) is 11.6 Å². The van der Waals surface area contributed by atoms with Gasteiger partial charge in [-0.05, 0) is 25.0 Å². The molecule has 0 saturated carbocycles. The minimum Gasteiger partial charge on any atom is -0.385 e. The van der Waals surface area contributed by atoms with Crippen molar-refractivity contribution in [2.75, 3.05) is 0 Å². The van der Waals surface area contributed by atoms with Crippen LogP contribution in [0.25, 0.3) is 0 Å². The van der Waals surface area contributed by atoms with Gasteiger partial charge in [-0.15, -0.1) is 0 Å². The third kappa shape index (κ3) is 4.05. The Balaban J connectivity index is 2.27. The number of rotatable bonds is 5. The highest BCUT2D eigenvalue weighted by molar-refractivity contribution is 9.10. The van der Waals surface area contributed by atoms with Gasteiger partial charge in [0.05, 0.1) is 5.60 Å². The zero-order valence-electron chi connectivity index (χ0n) is 12.3. The molecule has 1 heterocycles. The van der Waals surface area contributed by atoms with E-state index in [-0.39, 0.29) is 0 Å². The highest BCUT2D eigenvalue weighted by atomic mass is 79.9. The lowest BCUT2D eigenvalue weighted by atomic mass is 9.92. The van der Waals surface area contributed by atoms with Crippen LogP contribution >= 0.6 is 27.5 Å². The second kappa shape index (κ2) is 6.46. The molecule has 0 aliphatic rings. The lowest BCUT2D eigenvalue weighted by Gasteiger charge is -2.25. The summed E-state index contributed by atoms with van der Waals surface area (Å²) in [5.41, 5.74) is -0.411. The minimum absolute atomic E-state index is 0.362. The van der Waals surface area contributed by atoms with E-state index >= 15 is 0 Å².